The molecule has 2 aromatic rings. The predicted octanol–water partition coefficient (Wildman–Crippen LogP) is 2.34. The summed E-state index contributed by atoms with van der Waals surface area (Å²) >= 11 is 0. The highest BCUT2D eigenvalue weighted by atomic mass is 16.5. The van der Waals surface area contributed by atoms with Crippen LogP contribution in [-0.4, -0.2) is 26.3 Å². The van der Waals surface area contributed by atoms with E-state index >= 15 is 0 Å². The molecule has 0 bridgehead atoms. The summed E-state index contributed by atoms with van der Waals surface area (Å²) in [5.74, 6) is 0.601. The van der Waals surface area contributed by atoms with Crippen LogP contribution in [0.3, 0.4) is 0 Å². The second kappa shape index (κ2) is 7.61. The summed E-state index contributed by atoms with van der Waals surface area (Å²) in [5, 5.41) is 12.6. The Hall–Kier alpha value is -3.33. The molecule has 0 heterocycles. The Bertz CT molecular complexity index is 762. The Balaban J connectivity index is 2.07. The van der Waals surface area contributed by atoms with E-state index in [0.717, 1.165) is 5.56 Å². The fourth-order valence-electron chi connectivity index (χ4n) is 1.86. The zero-order valence-corrected chi connectivity index (χ0v) is 12.7. The molecule has 0 aliphatic carbocycles. The van der Waals surface area contributed by atoms with Crippen molar-refractivity contribution in [3.8, 4) is 17.6 Å². The van der Waals surface area contributed by atoms with Crippen LogP contribution in [0.4, 0.5) is 0 Å². The maximum atomic E-state index is 12.1. The largest absolute Gasteiger partial charge is 0.497 e. The SMILES string of the molecule is COc1ccc(C(=O)N/N=C\c2ccc(C#N)cc2)c(OC)c1. The van der Waals surface area contributed by atoms with Gasteiger partial charge in [-0.2, -0.15) is 10.4 Å². The Labute approximate surface area is 134 Å². The van der Waals surface area contributed by atoms with Crippen molar-refractivity contribution in [2.24, 2.45) is 5.10 Å². The van der Waals surface area contributed by atoms with Gasteiger partial charge in [0, 0.05) is 6.07 Å². The molecule has 116 valence electrons. The van der Waals surface area contributed by atoms with Gasteiger partial charge in [0.25, 0.3) is 5.91 Å². The lowest BCUT2D eigenvalue weighted by Crippen LogP contribution is -2.18. The second-order valence-electron chi connectivity index (χ2n) is 4.50. The summed E-state index contributed by atoms with van der Waals surface area (Å²) in [6, 6.07) is 13.8. The fraction of sp³-hybridized carbons (Fsp3) is 0.118. The summed E-state index contributed by atoms with van der Waals surface area (Å²) in [4.78, 5) is 12.1. The molecule has 0 saturated carbocycles. The first-order valence-electron chi connectivity index (χ1n) is 6.73. The van der Waals surface area contributed by atoms with Gasteiger partial charge >= 0.3 is 0 Å². The third-order valence-corrected chi connectivity index (χ3v) is 3.07. The van der Waals surface area contributed by atoms with Crippen LogP contribution < -0.4 is 14.9 Å². The number of methoxy groups -OCH3 is 2. The minimum Gasteiger partial charge on any atom is -0.497 e. The predicted molar refractivity (Wildman–Crippen MR) is 85.8 cm³/mol. The van der Waals surface area contributed by atoms with Gasteiger partial charge < -0.3 is 9.47 Å². The topological polar surface area (TPSA) is 83.7 Å². The summed E-state index contributed by atoms with van der Waals surface area (Å²) in [6.45, 7) is 0. The van der Waals surface area contributed by atoms with Gasteiger partial charge in [0.1, 0.15) is 11.5 Å². The minimum atomic E-state index is -0.394. The fourth-order valence-corrected chi connectivity index (χ4v) is 1.86. The molecule has 2 aromatic carbocycles. The first-order chi connectivity index (χ1) is 11.2. The lowest BCUT2D eigenvalue weighted by molar-refractivity contribution is 0.0952. The lowest BCUT2D eigenvalue weighted by atomic mass is 10.2. The third kappa shape index (κ3) is 4.08. The minimum absolute atomic E-state index is 0.352. The quantitative estimate of drug-likeness (QED) is 0.678. The number of benzene rings is 2. The number of carbonyl (C=O) groups excluding carboxylic acids is 1. The van der Waals surface area contributed by atoms with Crippen molar-refractivity contribution in [1.82, 2.24) is 5.43 Å². The number of nitrogens with zero attached hydrogens (tertiary/aromatic N) is 2. The monoisotopic (exact) mass is 309 g/mol. The molecule has 0 saturated heterocycles. The normalized spacial score (nSPS) is 10.1. The van der Waals surface area contributed by atoms with Crippen LogP contribution in [0.2, 0.25) is 0 Å². The van der Waals surface area contributed by atoms with Gasteiger partial charge in [-0.1, -0.05) is 12.1 Å². The number of hydrogen-bond donors (Lipinski definition) is 1. The maximum Gasteiger partial charge on any atom is 0.275 e. The highest BCUT2D eigenvalue weighted by molar-refractivity contribution is 5.97. The number of rotatable bonds is 5. The number of hydrogen-bond acceptors (Lipinski definition) is 5. The standard InChI is InChI=1S/C17H15N3O3/c1-22-14-7-8-15(16(9-14)23-2)17(21)20-19-11-13-5-3-12(10-18)4-6-13/h3-9,11H,1-2H3,(H,20,21)/b19-11-. The van der Waals surface area contributed by atoms with Crippen LogP contribution in [0.25, 0.3) is 0 Å². The van der Waals surface area contributed by atoms with E-state index in [2.05, 4.69) is 10.5 Å². The van der Waals surface area contributed by atoms with Gasteiger partial charge in [-0.15, -0.1) is 0 Å². The lowest BCUT2D eigenvalue weighted by Gasteiger charge is -2.08. The number of amides is 1. The molecular formula is C17H15N3O3. The Morgan fingerprint density at radius 2 is 1.91 bits per heavy atom. The summed E-state index contributed by atoms with van der Waals surface area (Å²) in [5.41, 5.74) is 4.12. The van der Waals surface area contributed by atoms with Gasteiger partial charge in [0.15, 0.2) is 0 Å². The van der Waals surface area contributed by atoms with Gasteiger partial charge in [-0.25, -0.2) is 5.43 Å². The smallest absolute Gasteiger partial charge is 0.275 e. The van der Waals surface area contributed by atoms with E-state index in [-0.39, 0.29) is 0 Å². The molecule has 1 N–H and O–H groups in total. The van der Waals surface area contributed by atoms with Crippen LogP contribution in [0, 0.1) is 11.3 Å². The summed E-state index contributed by atoms with van der Waals surface area (Å²) in [6.07, 6.45) is 1.50. The number of carbonyl (C=O) groups is 1. The van der Waals surface area contributed by atoms with Crippen molar-refractivity contribution < 1.29 is 14.3 Å². The molecule has 0 spiro atoms. The maximum absolute atomic E-state index is 12.1. The summed E-state index contributed by atoms with van der Waals surface area (Å²) in [7, 11) is 3.02. The Kier molecular flexibility index (Phi) is 5.31. The first-order valence-corrected chi connectivity index (χ1v) is 6.73. The van der Waals surface area contributed by atoms with Crippen molar-refractivity contribution in [3.63, 3.8) is 0 Å². The molecule has 0 aliphatic rings. The Morgan fingerprint density at radius 3 is 2.52 bits per heavy atom. The van der Waals surface area contributed by atoms with Gasteiger partial charge in [0.05, 0.1) is 37.6 Å². The van der Waals surface area contributed by atoms with E-state index in [9.17, 15) is 4.79 Å². The molecule has 6 heteroatoms. The van der Waals surface area contributed by atoms with E-state index in [0.29, 0.717) is 22.6 Å². The zero-order chi connectivity index (χ0) is 16.7. The number of hydrazone groups is 1. The second-order valence-corrected chi connectivity index (χ2v) is 4.50. The first kappa shape index (κ1) is 16.0. The van der Waals surface area contributed by atoms with E-state index in [4.69, 9.17) is 14.7 Å². The zero-order valence-electron chi connectivity index (χ0n) is 12.7. The number of ether oxygens (including phenoxy) is 2. The molecule has 0 unspecified atom stereocenters. The number of nitriles is 1. The van der Waals surface area contributed by atoms with Gasteiger partial charge in [-0.3, -0.25) is 4.79 Å². The van der Waals surface area contributed by atoms with Crippen LogP contribution in [0.5, 0.6) is 11.5 Å². The van der Waals surface area contributed by atoms with Crippen LogP contribution in [0.1, 0.15) is 21.5 Å². The molecule has 2 rings (SSSR count). The molecule has 6 nitrogen and oxygen atoms in total. The third-order valence-electron chi connectivity index (χ3n) is 3.07. The molecule has 0 aromatic heterocycles. The average Bonchev–Trinajstić information content (AvgIpc) is 2.61. The number of nitrogens with one attached hydrogen (secondary N) is 1. The molecule has 0 fully saturated rings. The highest BCUT2D eigenvalue weighted by Gasteiger charge is 2.12. The molecule has 0 aliphatic heterocycles. The highest BCUT2D eigenvalue weighted by Crippen LogP contribution is 2.24. The van der Waals surface area contributed by atoms with E-state index in [1.807, 2.05) is 6.07 Å². The van der Waals surface area contributed by atoms with E-state index in [1.54, 1.807) is 42.5 Å². The molecule has 0 atom stereocenters. The molecule has 0 radical (unpaired) electrons. The van der Waals surface area contributed by atoms with E-state index < -0.39 is 5.91 Å². The van der Waals surface area contributed by atoms with Crippen molar-refractivity contribution >= 4 is 12.1 Å². The van der Waals surface area contributed by atoms with Crippen LogP contribution in [-0.2, 0) is 0 Å². The van der Waals surface area contributed by atoms with Gasteiger partial charge in [-0.05, 0) is 29.8 Å². The van der Waals surface area contributed by atoms with Crippen LogP contribution in [0.15, 0.2) is 47.6 Å². The molecule has 23 heavy (non-hydrogen) atoms. The molecular weight excluding hydrogens is 294 g/mol. The Morgan fingerprint density at radius 1 is 1.17 bits per heavy atom. The average molecular weight is 309 g/mol. The van der Waals surface area contributed by atoms with Crippen molar-refractivity contribution in [1.29, 1.82) is 5.26 Å². The summed E-state index contributed by atoms with van der Waals surface area (Å²) < 4.78 is 10.3. The van der Waals surface area contributed by atoms with Gasteiger partial charge in [0.2, 0.25) is 0 Å². The van der Waals surface area contributed by atoms with Crippen molar-refractivity contribution in [3.05, 3.63) is 59.2 Å². The molecule has 1 amide bonds. The van der Waals surface area contributed by atoms with Crippen molar-refractivity contribution in [2.75, 3.05) is 14.2 Å². The van der Waals surface area contributed by atoms with Crippen molar-refractivity contribution in [2.45, 2.75) is 0 Å². The van der Waals surface area contributed by atoms with Crippen LogP contribution >= 0.6 is 0 Å². The van der Waals surface area contributed by atoms with E-state index in [1.165, 1.54) is 20.4 Å².